The number of rotatable bonds is 3. The Morgan fingerprint density at radius 3 is 2.68 bits per heavy atom. The average molecular weight is 338 g/mol. The summed E-state index contributed by atoms with van der Waals surface area (Å²) in [6, 6.07) is 7.47. The Morgan fingerprint density at radius 1 is 1.23 bits per heavy atom. The fraction of sp³-hybridized carbons (Fsp3) is 0.400. The number of amides is 1. The lowest BCUT2D eigenvalue weighted by Crippen LogP contribution is -2.35. The SMILES string of the molecule is O=C(Cn1cccc1)N1CCC(c2cccs2)S(=O)(=O)CC1. The minimum Gasteiger partial charge on any atom is -0.345 e. The predicted molar refractivity (Wildman–Crippen MR) is 86.5 cm³/mol. The highest BCUT2D eigenvalue weighted by atomic mass is 32.2. The van der Waals surface area contributed by atoms with Gasteiger partial charge >= 0.3 is 0 Å². The van der Waals surface area contributed by atoms with Crippen LogP contribution in [0.4, 0.5) is 0 Å². The Labute approximate surface area is 134 Å². The van der Waals surface area contributed by atoms with E-state index in [9.17, 15) is 13.2 Å². The van der Waals surface area contributed by atoms with Crippen LogP contribution in [0.1, 0.15) is 16.5 Å². The van der Waals surface area contributed by atoms with Crippen molar-refractivity contribution in [1.82, 2.24) is 9.47 Å². The zero-order valence-corrected chi connectivity index (χ0v) is 13.7. The summed E-state index contributed by atoms with van der Waals surface area (Å²) in [4.78, 5) is 14.9. The van der Waals surface area contributed by atoms with Crippen LogP contribution in [0, 0.1) is 0 Å². The molecular weight excluding hydrogens is 320 g/mol. The summed E-state index contributed by atoms with van der Waals surface area (Å²) < 4.78 is 26.7. The summed E-state index contributed by atoms with van der Waals surface area (Å²) in [5, 5.41) is 1.42. The van der Waals surface area contributed by atoms with Gasteiger partial charge in [0.05, 0.1) is 11.0 Å². The maximum atomic E-state index is 12.4. The van der Waals surface area contributed by atoms with Crippen LogP contribution in [-0.2, 0) is 21.2 Å². The van der Waals surface area contributed by atoms with E-state index < -0.39 is 15.1 Å². The topological polar surface area (TPSA) is 59.4 Å². The van der Waals surface area contributed by atoms with Crippen molar-refractivity contribution >= 4 is 27.1 Å². The summed E-state index contributed by atoms with van der Waals surface area (Å²) in [6.45, 7) is 1.03. The first-order valence-electron chi connectivity index (χ1n) is 7.20. The number of thiophene rings is 1. The molecule has 0 saturated carbocycles. The third-order valence-corrected chi connectivity index (χ3v) is 7.18. The van der Waals surface area contributed by atoms with Crippen LogP contribution in [0.15, 0.2) is 42.0 Å². The van der Waals surface area contributed by atoms with Crippen molar-refractivity contribution in [3.8, 4) is 0 Å². The van der Waals surface area contributed by atoms with Gasteiger partial charge in [0.1, 0.15) is 6.54 Å². The van der Waals surface area contributed by atoms with E-state index in [0.29, 0.717) is 13.0 Å². The van der Waals surface area contributed by atoms with E-state index >= 15 is 0 Å². The number of hydrogen-bond acceptors (Lipinski definition) is 4. The third-order valence-electron chi connectivity index (χ3n) is 3.94. The van der Waals surface area contributed by atoms with Crippen molar-refractivity contribution in [3.63, 3.8) is 0 Å². The van der Waals surface area contributed by atoms with Crippen LogP contribution < -0.4 is 0 Å². The molecule has 2 aromatic heterocycles. The first-order chi connectivity index (χ1) is 10.6. The molecule has 118 valence electrons. The molecule has 7 heteroatoms. The van der Waals surface area contributed by atoms with Gasteiger partial charge in [0, 0.05) is 30.4 Å². The van der Waals surface area contributed by atoms with Crippen molar-refractivity contribution in [2.45, 2.75) is 18.2 Å². The van der Waals surface area contributed by atoms with Gasteiger partial charge in [-0.25, -0.2) is 8.42 Å². The van der Waals surface area contributed by atoms with Crippen LogP contribution in [0.3, 0.4) is 0 Å². The normalized spacial score (nSPS) is 21.5. The van der Waals surface area contributed by atoms with Crippen LogP contribution in [-0.4, -0.2) is 42.6 Å². The quantitative estimate of drug-likeness (QED) is 0.859. The molecular formula is C15H18N2O3S2. The van der Waals surface area contributed by atoms with Gasteiger partial charge in [-0.1, -0.05) is 6.07 Å². The lowest BCUT2D eigenvalue weighted by atomic mass is 10.2. The summed E-state index contributed by atoms with van der Waals surface area (Å²) in [5.74, 6) is 0.00529. The van der Waals surface area contributed by atoms with E-state index in [4.69, 9.17) is 0 Å². The minimum absolute atomic E-state index is 0.0294. The van der Waals surface area contributed by atoms with Crippen molar-refractivity contribution in [2.24, 2.45) is 0 Å². The minimum atomic E-state index is -3.20. The Bertz CT molecular complexity index is 721. The molecule has 1 atom stereocenters. The molecule has 3 rings (SSSR count). The largest absolute Gasteiger partial charge is 0.345 e. The summed E-state index contributed by atoms with van der Waals surface area (Å²) in [5.41, 5.74) is 0. The molecule has 22 heavy (non-hydrogen) atoms. The molecule has 1 saturated heterocycles. The highest BCUT2D eigenvalue weighted by molar-refractivity contribution is 7.91. The molecule has 1 aliphatic heterocycles. The van der Waals surface area contributed by atoms with Gasteiger partial charge in [0.25, 0.3) is 0 Å². The van der Waals surface area contributed by atoms with E-state index in [0.717, 1.165) is 4.88 Å². The van der Waals surface area contributed by atoms with Crippen LogP contribution in [0.2, 0.25) is 0 Å². The van der Waals surface area contributed by atoms with Crippen molar-refractivity contribution < 1.29 is 13.2 Å². The predicted octanol–water partition coefficient (Wildman–Crippen LogP) is 1.94. The van der Waals surface area contributed by atoms with Crippen LogP contribution in [0.25, 0.3) is 0 Å². The van der Waals surface area contributed by atoms with E-state index in [2.05, 4.69) is 0 Å². The zero-order chi connectivity index (χ0) is 15.6. The molecule has 0 N–H and O–H groups in total. The zero-order valence-electron chi connectivity index (χ0n) is 12.1. The van der Waals surface area contributed by atoms with Crippen molar-refractivity contribution in [1.29, 1.82) is 0 Å². The molecule has 5 nitrogen and oxygen atoms in total. The maximum Gasteiger partial charge on any atom is 0.242 e. The molecule has 0 bridgehead atoms. The van der Waals surface area contributed by atoms with Gasteiger partial charge in [-0.2, -0.15) is 0 Å². The molecule has 1 aliphatic rings. The second-order valence-electron chi connectivity index (χ2n) is 5.40. The Kier molecular flexibility index (Phi) is 4.35. The molecule has 2 aromatic rings. The first-order valence-corrected chi connectivity index (χ1v) is 9.79. The Hall–Kier alpha value is -1.60. The molecule has 1 fully saturated rings. The van der Waals surface area contributed by atoms with Crippen LogP contribution in [0.5, 0.6) is 0 Å². The molecule has 1 unspecified atom stereocenters. The van der Waals surface area contributed by atoms with Gasteiger partial charge in [-0.05, 0) is 30.0 Å². The number of sulfone groups is 1. The standard InChI is InChI=1S/C15H18N2O3S2/c18-15(12-16-6-1-2-7-16)17-8-5-14(13-4-3-10-21-13)22(19,20)11-9-17/h1-4,6-7,10,14H,5,8-9,11-12H2. The second-order valence-corrected chi connectivity index (χ2v) is 8.68. The fourth-order valence-electron chi connectivity index (χ4n) is 2.72. The van der Waals surface area contributed by atoms with Gasteiger partial charge < -0.3 is 9.47 Å². The van der Waals surface area contributed by atoms with Gasteiger partial charge in [-0.3, -0.25) is 4.79 Å². The van der Waals surface area contributed by atoms with Gasteiger partial charge in [0.2, 0.25) is 5.91 Å². The molecule has 3 heterocycles. The fourth-order valence-corrected chi connectivity index (χ4v) is 5.72. The highest BCUT2D eigenvalue weighted by Gasteiger charge is 2.33. The lowest BCUT2D eigenvalue weighted by Gasteiger charge is -2.20. The summed E-state index contributed by atoms with van der Waals surface area (Å²) >= 11 is 1.47. The number of aromatic nitrogens is 1. The molecule has 0 spiro atoms. The highest BCUT2D eigenvalue weighted by Crippen LogP contribution is 2.32. The smallest absolute Gasteiger partial charge is 0.242 e. The Morgan fingerprint density at radius 2 is 2.00 bits per heavy atom. The van der Waals surface area contributed by atoms with E-state index in [1.807, 2.05) is 42.0 Å². The van der Waals surface area contributed by atoms with Crippen LogP contribution >= 0.6 is 11.3 Å². The number of carbonyl (C=O) groups is 1. The molecule has 0 aromatic carbocycles. The van der Waals surface area contributed by atoms with E-state index in [1.165, 1.54) is 11.3 Å². The molecule has 0 radical (unpaired) electrons. The third kappa shape index (κ3) is 3.25. The molecule has 0 aliphatic carbocycles. The summed E-state index contributed by atoms with van der Waals surface area (Å²) in [6.07, 6.45) is 4.14. The van der Waals surface area contributed by atoms with E-state index in [1.54, 1.807) is 9.47 Å². The summed E-state index contributed by atoms with van der Waals surface area (Å²) in [7, 11) is -3.20. The van der Waals surface area contributed by atoms with Crippen molar-refractivity contribution in [3.05, 3.63) is 46.9 Å². The van der Waals surface area contributed by atoms with E-state index in [-0.39, 0.29) is 24.7 Å². The maximum absolute atomic E-state index is 12.4. The second kappa shape index (κ2) is 6.26. The monoisotopic (exact) mass is 338 g/mol. The van der Waals surface area contributed by atoms with Crippen molar-refractivity contribution in [2.75, 3.05) is 18.8 Å². The average Bonchev–Trinajstić information content (AvgIpc) is 3.13. The number of nitrogens with zero attached hydrogens (tertiary/aromatic N) is 2. The number of hydrogen-bond donors (Lipinski definition) is 0. The van der Waals surface area contributed by atoms with Gasteiger partial charge in [-0.15, -0.1) is 11.3 Å². The number of carbonyl (C=O) groups excluding carboxylic acids is 1. The Balaban J connectivity index is 1.72. The molecule has 1 amide bonds. The lowest BCUT2D eigenvalue weighted by molar-refractivity contribution is -0.131. The van der Waals surface area contributed by atoms with Gasteiger partial charge in [0.15, 0.2) is 9.84 Å². The first kappa shape index (κ1) is 15.3.